The standard InChI is InChI=1S/C34H64O3Si2.C34H62O2Si2.C32H62O3Si2/c1-15-34(35)21-18-29-27(24-37-39(13,14)31(6,7)8)28(17-20-33(29,34)10)32(9)19-16-25(2)22-26(32)23-36-38(11,12)30(3,4)5;1-15-26-16-17-29-28(24-36-38(13,14)32(6,7)8)30(19-21-33(26,29)9)34(10)20-18-25(2)22-27(34)23-35-37(11,12)31(3,4)5;1-23-16-18-31(8,24(20-23)21-34-36(10,11)29(2,3)4)27-17-19-32(9)26(14-15-28(32)33)25(27)22-35-37(12,13)30(5,6)7/h1,25-29,35H,16-24H2,2-14H3;1,16,25,27-30H,17-24H2,2-14H3;23-27H,14-22H2,1-13H3/t25-,26+,27+,28?,29?,32-,33-,34-;25-,27+,28-,29?,30?,33+,34-;23-,24+,25-,26?,27?,31-,32-/m000/s1. The van der Waals surface area contributed by atoms with E-state index in [0.29, 0.717) is 76.8 Å². The van der Waals surface area contributed by atoms with Gasteiger partial charge in [-0.15, -0.1) is 12.8 Å². The zero-order valence-corrected chi connectivity index (χ0v) is 88.6. The van der Waals surface area contributed by atoms with Crippen LogP contribution in [0, 0.1) is 146 Å². The summed E-state index contributed by atoms with van der Waals surface area (Å²) < 4.78 is 42.0. The summed E-state index contributed by atoms with van der Waals surface area (Å²) in [7, 11) is -11.1. The quantitative estimate of drug-likeness (QED) is 0.0898. The van der Waals surface area contributed by atoms with Crippen LogP contribution in [0.4, 0.5) is 0 Å². The van der Waals surface area contributed by atoms with Gasteiger partial charge >= 0.3 is 0 Å². The maximum atomic E-state index is 13.2. The molecule has 114 heavy (non-hydrogen) atoms. The summed E-state index contributed by atoms with van der Waals surface area (Å²) in [4.78, 5) is 13.2. The predicted octanol–water partition coefficient (Wildman–Crippen LogP) is 28.8. The highest BCUT2D eigenvalue weighted by Crippen LogP contribution is 2.68. The van der Waals surface area contributed by atoms with Crippen molar-refractivity contribution < 1.29 is 36.5 Å². The summed E-state index contributed by atoms with van der Waals surface area (Å²) in [6, 6.07) is 0. The van der Waals surface area contributed by atoms with Crippen LogP contribution in [-0.4, -0.2) is 106 Å². The van der Waals surface area contributed by atoms with Crippen molar-refractivity contribution in [2.45, 2.75) is 430 Å². The van der Waals surface area contributed by atoms with Gasteiger partial charge in [0.15, 0.2) is 49.9 Å². The van der Waals surface area contributed by atoms with Gasteiger partial charge < -0.3 is 31.7 Å². The Kier molecular flexibility index (Phi) is 31.1. The number of hydrogen-bond acceptors (Lipinski definition) is 8. The molecule has 6 unspecified atom stereocenters. The first-order chi connectivity index (χ1) is 51.4. The minimum absolute atomic E-state index is 0.136. The maximum Gasteiger partial charge on any atom is 0.191 e. The molecule has 0 aliphatic heterocycles. The topological polar surface area (TPSA) is 92.7 Å². The van der Waals surface area contributed by atoms with E-state index in [0.717, 1.165) is 109 Å². The monoisotopic (exact) mass is 1690 g/mol. The molecule has 0 bridgehead atoms. The normalized spacial score (nSPS) is 38.5. The predicted molar refractivity (Wildman–Crippen MR) is 505 cm³/mol. The Balaban J connectivity index is 0.000000237. The summed E-state index contributed by atoms with van der Waals surface area (Å²) in [6.07, 6.45) is 37.7. The molecule has 22 atom stereocenters. The molecule has 0 saturated heterocycles. The van der Waals surface area contributed by atoms with Crippen LogP contribution in [0.2, 0.25) is 109 Å². The third-order valence-electron chi connectivity index (χ3n) is 38.8. The summed E-state index contributed by atoms with van der Waals surface area (Å²) in [5.74, 6) is 15.3. The lowest BCUT2D eigenvalue weighted by atomic mass is 9.48. The number of terminal acetylenes is 2. The summed E-state index contributed by atoms with van der Waals surface area (Å²) in [6.45, 7) is 98.8. The smallest absolute Gasteiger partial charge is 0.191 e. The number of aliphatic hydroxyl groups is 1. The average molecular weight is 1690 g/mol. The lowest BCUT2D eigenvalue weighted by Crippen LogP contribution is -2.56. The molecule has 0 spiro atoms. The van der Waals surface area contributed by atoms with E-state index in [1.165, 1.54) is 82.6 Å². The van der Waals surface area contributed by atoms with Gasteiger partial charge in [-0.3, -0.25) is 4.79 Å². The molecule has 0 aromatic rings. The number of hydrogen-bond donors (Lipinski definition) is 1. The molecule has 8 nitrogen and oxygen atoms in total. The third-order valence-corrected chi connectivity index (χ3v) is 65.8. The van der Waals surface area contributed by atoms with Crippen LogP contribution in [0.15, 0.2) is 11.6 Å². The van der Waals surface area contributed by atoms with Crippen LogP contribution in [-0.2, 0) is 31.4 Å². The Morgan fingerprint density at radius 3 is 0.965 bits per heavy atom. The fraction of sp³-hybridized carbons (Fsp3) is 0.930. The Morgan fingerprint density at radius 1 is 0.377 bits per heavy atom. The van der Waals surface area contributed by atoms with Crippen LogP contribution in [0.3, 0.4) is 0 Å². The molecule has 1 N–H and O–H groups in total. The second-order valence-electron chi connectivity index (χ2n) is 51.7. The number of ketones is 1. The molecule has 0 aromatic heterocycles. The van der Waals surface area contributed by atoms with Crippen molar-refractivity contribution in [2.75, 3.05) is 39.6 Å². The van der Waals surface area contributed by atoms with Crippen LogP contribution in [0.5, 0.6) is 0 Å². The van der Waals surface area contributed by atoms with Crippen LogP contribution >= 0.6 is 0 Å². The van der Waals surface area contributed by atoms with E-state index >= 15 is 0 Å². The lowest BCUT2D eigenvalue weighted by Gasteiger charge is -2.58. The van der Waals surface area contributed by atoms with Gasteiger partial charge in [-0.2, -0.15) is 0 Å². The number of Topliss-reactive ketones (excluding diaryl/α,β-unsaturated/α-hetero) is 1. The summed E-state index contributed by atoms with van der Waals surface area (Å²) in [5, 5.41) is 13.0. The highest BCUT2D eigenvalue weighted by molar-refractivity contribution is 6.76. The summed E-state index contributed by atoms with van der Waals surface area (Å²) >= 11 is 0. The Morgan fingerprint density at radius 2 is 0.658 bits per heavy atom. The molecule has 8 fully saturated rings. The Labute approximate surface area is 714 Å². The van der Waals surface area contributed by atoms with Crippen molar-refractivity contribution in [1.29, 1.82) is 0 Å². The molecular weight excluding hydrogens is 1500 g/mol. The number of allylic oxidation sites excluding steroid dienone is 2. The SMILES string of the molecule is C#CC1=CCC2[C@H](CO[Si](C)(C)C(C)(C)C)C([C@@]3(C)CC[C@H](C)C[C@@H]3CO[Si](C)(C)C(C)(C)C)CC[C@]12C.C#C[C@]1(O)CCC2[C@H](CO[Si](C)(C)C(C)(C)C)C([C@@]3(C)CC[C@H](C)C[C@@H]3CO[Si](C)(C)C(C)(C)C)CC[C@@]21C.C[C@H]1CC[C@](C)(C2CC[C@]3(C)C(=O)CCC3[C@@H]2CO[Si](C)(C)C(C)(C)C)[C@@H](CO[Si](C)(C)C(C)(C)C)C1. The Hall–Kier alpha value is -0.449. The largest absolute Gasteiger partial charge is 0.417 e. The fourth-order valence-corrected chi connectivity index (χ4v) is 29.4. The van der Waals surface area contributed by atoms with Crippen molar-refractivity contribution in [3.63, 3.8) is 0 Å². The van der Waals surface area contributed by atoms with E-state index in [4.69, 9.17) is 39.4 Å². The van der Waals surface area contributed by atoms with E-state index in [1.54, 1.807) is 0 Å². The molecule has 0 amide bonds. The third kappa shape index (κ3) is 20.6. The van der Waals surface area contributed by atoms with Gasteiger partial charge in [0.2, 0.25) is 0 Å². The van der Waals surface area contributed by atoms with E-state index in [2.05, 4.69) is 283 Å². The molecule has 660 valence electrons. The zero-order chi connectivity index (χ0) is 87.1. The van der Waals surface area contributed by atoms with Crippen LogP contribution in [0.1, 0.15) is 315 Å². The number of carbonyl (C=O) groups excluding carboxylic acids is 1. The molecule has 0 radical (unpaired) electrons. The van der Waals surface area contributed by atoms with Crippen molar-refractivity contribution in [3.05, 3.63) is 11.6 Å². The number of rotatable bonds is 21. The molecule has 9 aliphatic rings. The molecule has 0 heterocycles. The lowest BCUT2D eigenvalue weighted by molar-refractivity contribution is -0.136. The number of carbonyl (C=O) groups is 1. The van der Waals surface area contributed by atoms with E-state index in [1.807, 2.05) is 0 Å². The van der Waals surface area contributed by atoms with E-state index < -0.39 is 55.5 Å². The van der Waals surface area contributed by atoms with Gasteiger partial charge in [-0.25, -0.2) is 0 Å². The summed E-state index contributed by atoms with van der Waals surface area (Å²) in [5.41, 5.74) is 0.796. The second-order valence-corrected chi connectivity index (χ2v) is 80.5. The van der Waals surface area contributed by atoms with Crippen LogP contribution < -0.4 is 0 Å². The maximum absolute atomic E-state index is 13.2. The first-order valence-electron chi connectivity index (χ1n) is 47.1. The molecule has 14 heteroatoms. The van der Waals surface area contributed by atoms with Crippen molar-refractivity contribution in [1.82, 2.24) is 0 Å². The van der Waals surface area contributed by atoms with Crippen LogP contribution in [0.25, 0.3) is 0 Å². The van der Waals surface area contributed by atoms with Gasteiger partial charge in [-0.1, -0.05) is 224 Å². The number of fused-ring (bicyclic) bond motifs is 3. The zero-order valence-electron chi connectivity index (χ0n) is 82.6. The van der Waals surface area contributed by atoms with E-state index in [9.17, 15) is 9.90 Å². The second kappa shape index (κ2) is 35.2. The van der Waals surface area contributed by atoms with Gasteiger partial charge in [0.25, 0.3) is 0 Å². The molecule has 9 rings (SSSR count). The first kappa shape index (κ1) is 101. The van der Waals surface area contributed by atoms with Gasteiger partial charge in [0.1, 0.15) is 11.4 Å². The van der Waals surface area contributed by atoms with E-state index in [-0.39, 0.29) is 62.7 Å². The molecule has 0 aromatic carbocycles. The fourth-order valence-electron chi connectivity index (χ4n) is 23.1. The van der Waals surface area contributed by atoms with Gasteiger partial charge in [0, 0.05) is 67.9 Å². The van der Waals surface area contributed by atoms with Gasteiger partial charge in [-0.05, 0) is 317 Å². The average Bonchev–Trinajstić information content (AvgIpc) is 1.51. The van der Waals surface area contributed by atoms with Crippen molar-refractivity contribution in [2.24, 2.45) is 121 Å². The minimum atomic E-state index is -1.92. The highest BCUT2D eigenvalue weighted by Gasteiger charge is 2.66. The minimum Gasteiger partial charge on any atom is -0.417 e. The van der Waals surface area contributed by atoms with Crippen molar-refractivity contribution >= 4 is 55.7 Å². The Bertz CT molecular complexity index is 3330. The van der Waals surface area contributed by atoms with Crippen molar-refractivity contribution in [3.8, 4) is 24.7 Å². The molecule has 8 saturated carbocycles. The van der Waals surface area contributed by atoms with Gasteiger partial charge in [0.05, 0.1) is 0 Å². The highest BCUT2D eigenvalue weighted by atomic mass is 28.4. The first-order valence-corrected chi connectivity index (χ1v) is 64.6. The molecule has 9 aliphatic carbocycles. The molecular formula is C100H188O8Si6.